The van der Waals surface area contributed by atoms with Gasteiger partial charge in [-0.05, 0) is 41.5 Å². The van der Waals surface area contributed by atoms with E-state index in [4.69, 9.17) is 4.74 Å². The third kappa shape index (κ3) is 4.33. The molecule has 2 amide bonds. The third-order valence-electron chi connectivity index (χ3n) is 6.41. The molecule has 1 unspecified atom stereocenters. The van der Waals surface area contributed by atoms with Crippen molar-refractivity contribution in [1.29, 1.82) is 0 Å². The highest BCUT2D eigenvalue weighted by Gasteiger charge is 2.35. The predicted molar refractivity (Wildman–Crippen MR) is 119 cm³/mol. The third-order valence-corrected chi connectivity index (χ3v) is 6.41. The van der Waals surface area contributed by atoms with E-state index in [9.17, 15) is 19.5 Å². The molecule has 0 spiro atoms. The van der Waals surface area contributed by atoms with Gasteiger partial charge in [-0.1, -0.05) is 48.5 Å². The molecule has 168 valence electrons. The Balaban J connectivity index is 1.47. The number of amides is 2. The Hall–Kier alpha value is -3.35. The smallest absolute Gasteiger partial charge is 0.410 e. The number of likely N-dealkylation sites (N-methyl/N-ethyl adjacent to an activating group) is 1. The Kier molecular flexibility index (Phi) is 6.44. The number of carboxylic acid groups (broad SMARTS) is 1. The molecule has 0 saturated carbocycles. The zero-order chi connectivity index (χ0) is 22.7. The van der Waals surface area contributed by atoms with Crippen LogP contribution in [0.25, 0.3) is 11.1 Å². The van der Waals surface area contributed by atoms with Gasteiger partial charge in [0.05, 0.1) is 6.42 Å². The number of carbonyl (C=O) groups is 3. The molecule has 1 aliphatic heterocycles. The molecular weight excluding hydrogens is 408 g/mol. The lowest BCUT2D eigenvalue weighted by Crippen LogP contribution is -2.51. The summed E-state index contributed by atoms with van der Waals surface area (Å²) >= 11 is 0. The van der Waals surface area contributed by atoms with Crippen LogP contribution in [-0.2, 0) is 14.3 Å². The van der Waals surface area contributed by atoms with Crippen molar-refractivity contribution < 1.29 is 24.2 Å². The van der Waals surface area contributed by atoms with Crippen LogP contribution in [-0.4, -0.2) is 65.7 Å². The summed E-state index contributed by atoms with van der Waals surface area (Å²) in [6.45, 7) is 1.30. The van der Waals surface area contributed by atoms with Gasteiger partial charge in [-0.15, -0.1) is 0 Å². The SMILES string of the molecule is CN(C(=O)OCC1c2ccccc2-c2ccccc21)C(CC(=O)O)C(=O)N1CCCCC1. The largest absolute Gasteiger partial charge is 0.481 e. The minimum Gasteiger partial charge on any atom is -0.481 e. The Labute approximate surface area is 187 Å². The standard InChI is InChI=1S/C25H28N2O5/c1-26(22(15-23(28)29)24(30)27-13-7-2-8-14-27)25(31)32-16-21-19-11-5-3-9-17(19)18-10-4-6-12-20(18)21/h3-6,9-12,21-22H,2,7-8,13-16H2,1H3,(H,28,29). The summed E-state index contributed by atoms with van der Waals surface area (Å²) in [4.78, 5) is 40.1. The molecule has 0 aromatic heterocycles. The first-order valence-corrected chi connectivity index (χ1v) is 11.1. The highest BCUT2D eigenvalue weighted by atomic mass is 16.6. The number of fused-ring (bicyclic) bond motifs is 3. The van der Waals surface area contributed by atoms with Crippen LogP contribution in [0.5, 0.6) is 0 Å². The predicted octanol–water partition coefficient (Wildman–Crippen LogP) is 3.72. The summed E-state index contributed by atoms with van der Waals surface area (Å²) in [7, 11) is 1.44. The van der Waals surface area contributed by atoms with Crippen LogP contribution in [0.4, 0.5) is 4.79 Å². The molecule has 1 atom stereocenters. The number of hydrogen-bond acceptors (Lipinski definition) is 4. The normalized spacial score (nSPS) is 16.1. The number of benzene rings is 2. The lowest BCUT2D eigenvalue weighted by atomic mass is 9.98. The summed E-state index contributed by atoms with van der Waals surface area (Å²) in [5.41, 5.74) is 4.44. The zero-order valence-electron chi connectivity index (χ0n) is 18.2. The van der Waals surface area contributed by atoms with Gasteiger partial charge in [-0.25, -0.2) is 4.79 Å². The number of carbonyl (C=O) groups excluding carboxylic acids is 2. The average Bonchev–Trinajstić information content (AvgIpc) is 3.14. The number of rotatable bonds is 6. The summed E-state index contributed by atoms with van der Waals surface area (Å²) < 4.78 is 5.62. The minimum atomic E-state index is -1.13. The minimum absolute atomic E-state index is 0.101. The van der Waals surface area contributed by atoms with E-state index in [0.29, 0.717) is 13.1 Å². The number of carboxylic acids is 1. The molecule has 1 saturated heterocycles. The molecule has 2 aromatic rings. The van der Waals surface area contributed by atoms with Crippen molar-refractivity contribution in [3.63, 3.8) is 0 Å². The number of hydrogen-bond donors (Lipinski definition) is 1. The first kappa shape index (κ1) is 21.9. The Morgan fingerprint density at radius 1 is 1.00 bits per heavy atom. The van der Waals surface area contributed by atoms with Crippen LogP contribution >= 0.6 is 0 Å². The van der Waals surface area contributed by atoms with Crippen molar-refractivity contribution >= 4 is 18.0 Å². The second kappa shape index (κ2) is 9.42. The van der Waals surface area contributed by atoms with E-state index >= 15 is 0 Å². The van der Waals surface area contributed by atoms with E-state index in [1.165, 1.54) is 7.05 Å². The quantitative estimate of drug-likeness (QED) is 0.746. The topological polar surface area (TPSA) is 87.1 Å². The first-order valence-electron chi connectivity index (χ1n) is 11.1. The number of ether oxygens (including phenoxy) is 1. The Morgan fingerprint density at radius 3 is 2.12 bits per heavy atom. The molecule has 0 bridgehead atoms. The van der Waals surface area contributed by atoms with Gasteiger partial charge in [-0.3, -0.25) is 14.5 Å². The van der Waals surface area contributed by atoms with Gasteiger partial charge in [-0.2, -0.15) is 0 Å². The van der Waals surface area contributed by atoms with Crippen LogP contribution in [0.3, 0.4) is 0 Å². The van der Waals surface area contributed by atoms with Gasteiger partial charge in [0.1, 0.15) is 12.6 Å². The van der Waals surface area contributed by atoms with Gasteiger partial charge in [0.2, 0.25) is 5.91 Å². The fourth-order valence-corrected chi connectivity index (χ4v) is 4.70. The van der Waals surface area contributed by atoms with E-state index < -0.39 is 24.5 Å². The monoisotopic (exact) mass is 436 g/mol. The van der Waals surface area contributed by atoms with Gasteiger partial charge in [0.25, 0.3) is 0 Å². The van der Waals surface area contributed by atoms with Crippen molar-refractivity contribution in [1.82, 2.24) is 9.80 Å². The highest BCUT2D eigenvalue weighted by molar-refractivity contribution is 5.89. The van der Waals surface area contributed by atoms with Crippen LogP contribution in [0.15, 0.2) is 48.5 Å². The summed E-state index contributed by atoms with van der Waals surface area (Å²) in [5.74, 6) is -1.56. The maximum absolute atomic E-state index is 13.0. The van der Waals surface area contributed by atoms with E-state index in [1.54, 1.807) is 4.90 Å². The molecule has 4 rings (SSSR count). The Bertz CT molecular complexity index is 969. The molecule has 2 aromatic carbocycles. The molecule has 0 radical (unpaired) electrons. The van der Waals surface area contributed by atoms with Crippen molar-refractivity contribution in [2.75, 3.05) is 26.7 Å². The van der Waals surface area contributed by atoms with Crippen LogP contribution < -0.4 is 0 Å². The average molecular weight is 437 g/mol. The Morgan fingerprint density at radius 2 is 1.56 bits per heavy atom. The summed E-state index contributed by atoms with van der Waals surface area (Å²) in [6.07, 6.45) is 1.69. The molecular formula is C25H28N2O5. The first-order chi connectivity index (χ1) is 15.5. The number of nitrogens with zero attached hydrogens (tertiary/aromatic N) is 2. The lowest BCUT2D eigenvalue weighted by Gasteiger charge is -2.33. The van der Waals surface area contributed by atoms with Gasteiger partial charge < -0.3 is 14.7 Å². The molecule has 32 heavy (non-hydrogen) atoms. The molecule has 7 nitrogen and oxygen atoms in total. The fourth-order valence-electron chi connectivity index (χ4n) is 4.70. The van der Waals surface area contributed by atoms with Crippen molar-refractivity contribution in [2.45, 2.75) is 37.6 Å². The number of aliphatic carboxylic acids is 1. The molecule has 1 fully saturated rings. The maximum atomic E-state index is 13.0. The fraction of sp³-hybridized carbons (Fsp3) is 0.400. The van der Waals surface area contributed by atoms with Gasteiger partial charge >= 0.3 is 12.1 Å². The van der Waals surface area contributed by atoms with Crippen molar-refractivity contribution in [3.05, 3.63) is 59.7 Å². The lowest BCUT2D eigenvalue weighted by molar-refractivity contribution is -0.145. The van der Waals surface area contributed by atoms with Crippen LogP contribution in [0.2, 0.25) is 0 Å². The second-order valence-corrected chi connectivity index (χ2v) is 8.41. The van der Waals surface area contributed by atoms with E-state index in [1.807, 2.05) is 36.4 Å². The highest BCUT2D eigenvalue weighted by Crippen LogP contribution is 2.44. The van der Waals surface area contributed by atoms with E-state index in [0.717, 1.165) is 46.4 Å². The maximum Gasteiger partial charge on any atom is 0.410 e. The van der Waals surface area contributed by atoms with Crippen molar-refractivity contribution in [2.24, 2.45) is 0 Å². The molecule has 2 aliphatic rings. The summed E-state index contributed by atoms with van der Waals surface area (Å²) in [6, 6.07) is 15.0. The van der Waals surface area contributed by atoms with Crippen molar-refractivity contribution in [3.8, 4) is 11.1 Å². The van der Waals surface area contributed by atoms with E-state index in [-0.39, 0.29) is 18.4 Å². The second-order valence-electron chi connectivity index (χ2n) is 8.41. The molecule has 1 heterocycles. The number of piperidine rings is 1. The van der Waals surface area contributed by atoms with Gasteiger partial charge in [0, 0.05) is 26.1 Å². The number of likely N-dealkylation sites (tertiary alicyclic amines) is 1. The summed E-state index contributed by atoms with van der Waals surface area (Å²) in [5, 5.41) is 9.33. The van der Waals surface area contributed by atoms with Crippen LogP contribution in [0, 0.1) is 0 Å². The van der Waals surface area contributed by atoms with Gasteiger partial charge in [0.15, 0.2) is 0 Å². The molecule has 1 N–H and O–H groups in total. The molecule has 7 heteroatoms. The zero-order valence-corrected chi connectivity index (χ0v) is 18.2. The molecule has 1 aliphatic carbocycles. The van der Waals surface area contributed by atoms with E-state index in [2.05, 4.69) is 12.1 Å². The van der Waals surface area contributed by atoms with Crippen LogP contribution in [0.1, 0.15) is 42.7 Å².